The number of nitrogens with zero attached hydrogens (tertiary/aromatic N) is 4. The second-order valence-corrected chi connectivity index (χ2v) is 2.97. The van der Waals surface area contributed by atoms with E-state index in [4.69, 9.17) is 4.52 Å². The molecule has 0 fully saturated rings. The van der Waals surface area contributed by atoms with Crippen molar-refractivity contribution in [2.45, 2.75) is 6.54 Å². The first-order chi connectivity index (χ1) is 7.27. The highest BCUT2D eigenvalue weighted by molar-refractivity contribution is 5.90. The van der Waals surface area contributed by atoms with Crippen LogP contribution in [0.25, 0.3) is 0 Å². The maximum absolute atomic E-state index is 11.7. The van der Waals surface area contributed by atoms with Crippen molar-refractivity contribution in [3.05, 3.63) is 30.2 Å². The maximum Gasteiger partial charge on any atom is 0.292 e. The quantitative estimate of drug-likeness (QED) is 0.769. The minimum absolute atomic E-state index is 0.206. The Morgan fingerprint density at radius 3 is 3.13 bits per heavy atom. The van der Waals surface area contributed by atoms with E-state index in [1.165, 1.54) is 23.5 Å². The second-order valence-electron chi connectivity index (χ2n) is 2.97. The maximum atomic E-state index is 11.7. The number of H-pyrrole nitrogens is 1. The normalized spacial score (nSPS) is 10.2. The largest absolute Gasteiger partial charge is 0.351 e. The van der Waals surface area contributed by atoms with Gasteiger partial charge in [0, 0.05) is 13.1 Å². The third kappa shape index (κ3) is 2.01. The van der Waals surface area contributed by atoms with Gasteiger partial charge in [-0.15, -0.1) is 0 Å². The molecular weight excluding hydrogens is 198 g/mol. The smallest absolute Gasteiger partial charge is 0.292 e. The highest BCUT2D eigenvalue weighted by atomic mass is 16.5. The predicted octanol–water partition coefficient (Wildman–Crippen LogP) is 0.0649. The third-order valence-corrected chi connectivity index (χ3v) is 1.85. The lowest BCUT2D eigenvalue weighted by molar-refractivity contribution is 0.0740. The molecule has 2 rings (SSSR count). The van der Waals surface area contributed by atoms with Crippen LogP contribution in [0.4, 0.5) is 0 Å². The summed E-state index contributed by atoms with van der Waals surface area (Å²) in [6.45, 7) is 0.347. The number of hydrogen-bond donors (Lipinski definition) is 1. The Kier molecular flexibility index (Phi) is 2.44. The van der Waals surface area contributed by atoms with Gasteiger partial charge in [0.25, 0.3) is 5.91 Å². The highest BCUT2D eigenvalue weighted by Gasteiger charge is 2.16. The van der Waals surface area contributed by atoms with E-state index in [9.17, 15) is 4.79 Å². The topological polar surface area (TPSA) is 87.9 Å². The summed E-state index contributed by atoms with van der Waals surface area (Å²) in [6.07, 6.45) is 2.82. The molecule has 1 amide bonds. The molecule has 0 saturated carbocycles. The van der Waals surface area contributed by atoms with Gasteiger partial charge in [0.15, 0.2) is 0 Å². The zero-order valence-corrected chi connectivity index (χ0v) is 8.04. The van der Waals surface area contributed by atoms with Gasteiger partial charge in [-0.25, -0.2) is 4.98 Å². The van der Waals surface area contributed by atoms with Crippen LogP contribution in [0.1, 0.15) is 16.4 Å². The number of carbonyl (C=O) groups excluding carboxylic acids is 1. The van der Waals surface area contributed by atoms with E-state index in [0.717, 1.165) is 0 Å². The fraction of sp³-hybridized carbons (Fsp3) is 0.250. The van der Waals surface area contributed by atoms with Crippen LogP contribution in [0.5, 0.6) is 0 Å². The Morgan fingerprint density at radius 2 is 2.53 bits per heavy atom. The Balaban J connectivity index is 2.03. The summed E-state index contributed by atoms with van der Waals surface area (Å²) in [7, 11) is 1.65. The summed E-state index contributed by atoms with van der Waals surface area (Å²) < 4.78 is 4.75. The van der Waals surface area contributed by atoms with E-state index in [0.29, 0.717) is 12.4 Å². The summed E-state index contributed by atoms with van der Waals surface area (Å²) in [5.74, 6) is 0.575. The molecular formula is C8H9N5O2. The number of carbonyl (C=O) groups is 1. The lowest BCUT2D eigenvalue weighted by Crippen LogP contribution is -2.26. The molecule has 15 heavy (non-hydrogen) atoms. The molecule has 0 atom stereocenters. The number of amides is 1. The molecule has 0 aromatic carbocycles. The van der Waals surface area contributed by atoms with Gasteiger partial charge in [0.05, 0.1) is 12.7 Å². The Labute approximate surface area is 85.1 Å². The van der Waals surface area contributed by atoms with Crippen molar-refractivity contribution in [1.29, 1.82) is 0 Å². The molecule has 2 aromatic heterocycles. The minimum Gasteiger partial charge on any atom is -0.351 e. The van der Waals surface area contributed by atoms with Gasteiger partial charge in [-0.05, 0) is 0 Å². The Hall–Kier alpha value is -2.18. The molecule has 2 aromatic rings. The molecule has 0 aliphatic heterocycles. The van der Waals surface area contributed by atoms with Gasteiger partial charge in [-0.1, -0.05) is 5.16 Å². The van der Waals surface area contributed by atoms with Gasteiger partial charge >= 0.3 is 0 Å². The van der Waals surface area contributed by atoms with Crippen LogP contribution in [0.3, 0.4) is 0 Å². The Morgan fingerprint density at radius 1 is 1.67 bits per heavy atom. The molecule has 78 valence electrons. The molecule has 1 N–H and O–H groups in total. The van der Waals surface area contributed by atoms with E-state index >= 15 is 0 Å². The van der Waals surface area contributed by atoms with Crippen molar-refractivity contribution in [3.8, 4) is 0 Å². The average Bonchev–Trinajstić information content (AvgIpc) is 2.88. The van der Waals surface area contributed by atoms with E-state index in [1.807, 2.05) is 0 Å². The van der Waals surface area contributed by atoms with Crippen LogP contribution in [0.15, 0.2) is 23.1 Å². The summed E-state index contributed by atoms with van der Waals surface area (Å²) >= 11 is 0. The summed E-state index contributed by atoms with van der Waals surface area (Å²) in [6, 6.07) is 1.51. The van der Waals surface area contributed by atoms with Gasteiger partial charge in [0.2, 0.25) is 5.76 Å². The van der Waals surface area contributed by atoms with Gasteiger partial charge in [-0.3, -0.25) is 9.89 Å². The first-order valence-electron chi connectivity index (χ1n) is 4.28. The van der Waals surface area contributed by atoms with Gasteiger partial charge in [0.1, 0.15) is 12.2 Å². The van der Waals surface area contributed by atoms with E-state index in [-0.39, 0.29) is 11.7 Å². The van der Waals surface area contributed by atoms with E-state index in [2.05, 4.69) is 20.3 Å². The van der Waals surface area contributed by atoms with Crippen LogP contribution in [-0.4, -0.2) is 38.2 Å². The first-order valence-corrected chi connectivity index (χ1v) is 4.28. The summed E-state index contributed by atoms with van der Waals surface area (Å²) in [5, 5.41) is 9.82. The fourth-order valence-electron chi connectivity index (χ4n) is 1.12. The van der Waals surface area contributed by atoms with Crippen molar-refractivity contribution in [2.24, 2.45) is 0 Å². The van der Waals surface area contributed by atoms with Crippen LogP contribution < -0.4 is 0 Å². The number of hydrogen-bond acceptors (Lipinski definition) is 5. The van der Waals surface area contributed by atoms with Crippen LogP contribution >= 0.6 is 0 Å². The monoisotopic (exact) mass is 207 g/mol. The van der Waals surface area contributed by atoms with Crippen molar-refractivity contribution >= 4 is 5.91 Å². The van der Waals surface area contributed by atoms with Crippen molar-refractivity contribution in [2.75, 3.05) is 7.05 Å². The molecule has 0 aliphatic carbocycles. The zero-order valence-electron chi connectivity index (χ0n) is 8.04. The van der Waals surface area contributed by atoms with Gasteiger partial charge < -0.3 is 9.42 Å². The van der Waals surface area contributed by atoms with Crippen LogP contribution in [0.2, 0.25) is 0 Å². The highest BCUT2D eigenvalue weighted by Crippen LogP contribution is 2.04. The van der Waals surface area contributed by atoms with E-state index in [1.54, 1.807) is 7.05 Å². The van der Waals surface area contributed by atoms with E-state index < -0.39 is 0 Å². The Bertz CT molecular complexity index is 422. The number of aromatic amines is 1. The number of rotatable bonds is 3. The van der Waals surface area contributed by atoms with Crippen LogP contribution in [0, 0.1) is 0 Å². The molecule has 0 bridgehead atoms. The molecule has 7 heteroatoms. The number of aromatic nitrogens is 4. The minimum atomic E-state index is -0.246. The number of nitrogens with one attached hydrogen (secondary N) is 1. The molecule has 0 spiro atoms. The first kappa shape index (κ1) is 9.38. The molecule has 7 nitrogen and oxygen atoms in total. The zero-order chi connectivity index (χ0) is 10.7. The van der Waals surface area contributed by atoms with Crippen LogP contribution in [-0.2, 0) is 6.54 Å². The molecule has 0 aliphatic rings. The second kappa shape index (κ2) is 3.91. The molecule has 2 heterocycles. The molecule has 0 unspecified atom stereocenters. The van der Waals surface area contributed by atoms with Crippen molar-refractivity contribution < 1.29 is 9.32 Å². The molecule has 0 radical (unpaired) electrons. The van der Waals surface area contributed by atoms with Crippen molar-refractivity contribution in [1.82, 2.24) is 25.2 Å². The average molecular weight is 207 g/mol. The SMILES string of the molecule is CN(Cc1ncn[nH]1)C(=O)c1ccno1. The third-order valence-electron chi connectivity index (χ3n) is 1.85. The molecule has 0 saturated heterocycles. The van der Waals surface area contributed by atoms with Gasteiger partial charge in [-0.2, -0.15) is 5.10 Å². The standard InChI is InChI=1S/C8H9N5O2/c1-13(4-7-9-5-10-12-7)8(14)6-2-3-11-15-6/h2-3,5H,4H2,1H3,(H,9,10,12). The lowest BCUT2D eigenvalue weighted by atomic mass is 10.4. The predicted molar refractivity (Wildman–Crippen MR) is 48.7 cm³/mol. The fourth-order valence-corrected chi connectivity index (χ4v) is 1.12. The lowest BCUT2D eigenvalue weighted by Gasteiger charge is -2.12. The summed E-state index contributed by atoms with van der Waals surface area (Å²) in [5.41, 5.74) is 0. The van der Waals surface area contributed by atoms with Crippen molar-refractivity contribution in [3.63, 3.8) is 0 Å². The summed E-state index contributed by atoms with van der Waals surface area (Å²) in [4.78, 5) is 17.0.